The van der Waals surface area contributed by atoms with Gasteiger partial charge in [-0.25, -0.2) is 0 Å². The number of carbonyl (C=O) groups is 1. The minimum Gasteiger partial charge on any atom is -0.497 e. The van der Waals surface area contributed by atoms with Crippen LogP contribution in [-0.2, 0) is 11.2 Å². The van der Waals surface area contributed by atoms with Crippen molar-refractivity contribution in [3.8, 4) is 5.75 Å². The molecule has 24 heavy (non-hydrogen) atoms. The molecule has 3 nitrogen and oxygen atoms in total. The first-order valence-corrected chi connectivity index (χ1v) is 8.15. The minimum absolute atomic E-state index is 0.192. The summed E-state index contributed by atoms with van der Waals surface area (Å²) in [7, 11) is 1.65. The van der Waals surface area contributed by atoms with Crippen molar-refractivity contribution in [3.05, 3.63) is 71.9 Å². The topological polar surface area (TPSA) is 39.2 Å². The van der Waals surface area contributed by atoms with E-state index in [1.165, 1.54) is 0 Å². The number of pyridine rings is 1. The lowest BCUT2D eigenvalue weighted by atomic mass is 9.93. The zero-order valence-electron chi connectivity index (χ0n) is 14.0. The van der Waals surface area contributed by atoms with Crippen LogP contribution >= 0.6 is 0 Å². The van der Waals surface area contributed by atoms with Crippen LogP contribution < -0.4 is 4.74 Å². The molecule has 122 valence electrons. The average molecular weight is 319 g/mol. The number of hydrogen-bond donors (Lipinski definition) is 0. The molecule has 0 aliphatic heterocycles. The lowest BCUT2D eigenvalue weighted by Gasteiger charge is -2.12. The molecule has 1 unspecified atom stereocenters. The number of para-hydroxylation sites is 1. The van der Waals surface area contributed by atoms with Gasteiger partial charge >= 0.3 is 0 Å². The van der Waals surface area contributed by atoms with Crippen molar-refractivity contribution in [2.75, 3.05) is 7.11 Å². The normalized spacial score (nSPS) is 12.1. The Morgan fingerprint density at radius 3 is 2.62 bits per heavy atom. The Kier molecular flexibility index (Phi) is 4.90. The third-order valence-corrected chi connectivity index (χ3v) is 4.27. The molecule has 0 aliphatic rings. The number of carbonyl (C=O) groups excluding carboxylic acids is 1. The molecular formula is C21H21NO2. The summed E-state index contributed by atoms with van der Waals surface area (Å²) < 4.78 is 5.17. The Balaban J connectivity index is 1.65. The fourth-order valence-corrected chi connectivity index (χ4v) is 2.90. The smallest absolute Gasteiger partial charge is 0.137 e. The van der Waals surface area contributed by atoms with E-state index in [9.17, 15) is 4.79 Å². The van der Waals surface area contributed by atoms with E-state index >= 15 is 0 Å². The molecule has 0 bridgehead atoms. The van der Waals surface area contributed by atoms with Gasteiger partial charge in [-0.15, -0.1) is 0 Å². The molecule has 1 heterocycles. The highest BCUT2D eigenvalue weighted by Gasteiger charge is 2.12. The molecule has 0 fully saturated rings. The van der Waals surface area contributed by atoms with Gasteiger partial charge in [0.15, 0.2) is 0 Å². The second kappa shape index (κ2) is 7.26. The van der Waals surface area contributed by atoms with Gasteiger partial charge in [0.25, 0.3) is 0 Å². The van der Waals surface area contributed by atoms with Gasteiger partial charge in [0.05, 0.1) is 12.6 Å². The molecule has 0 amide bonds. The van der Waals surface area contributed by atoms with Gasteiger partial charge in [-0.3, -0.25) is 9.78 Å². The van der Waals surface area contributed by atoms with Gasteiger partial charge in [0, 0.05) is 24.4 Å². The molecule has 0 N–H and O–H groups in total. The molecule has 0 saturated heterocycles. The van der Waals surface area contributed by atoms with Crippen molar-refractivity contribution in [2.45, 2.75) is 25.7 Å². The number of hydrogen-bond acceptors (Lipinski definition) is 3. The summed E-state index contributed by atoms with van der Waals surface area (Å²) in [4.78, 5) is 16.8. The van der Waals surface area contributed by atoms with Crippen LogP contribution in [0.4, 0.5) is 0 Å². The highest BCUT2D eigenvalue weighted by molar-refractivity contribution is 5.84. The summed E-state index contributed by atoms with van der Waals surface area (Å²) in [5.74, 6) is 1.26. The van der Waals surface area contributed by atoms with E-state index < -0.39 is 0 Å². The monoisotopic (exact) mass is 319 g/mol. The Hall–Kier alpha value is -2.68. The standard InChI is InChI=1S/C21H21NO2/c1-15(17-7-9-20(24-2)10-8-17)11-19(23)13-16-12-18-5-3-4-6-21(18)22-14-16/h3-10,12,14-15H,11,13H2,1-2H3. The summed E-state index contributed by atoms with van der Waals surface area (Å²) >= 11 is 0. The second-order valence-electron chi connectivity index (χ2n) is 6.13. The molecule has 1 aromatic heterocycles. The van der Waals surface area contributed by atoms with Crippen molar-refractivity contribution in [1.29, 1.82) is 0 Å². The molecule has 0 aliphatic carbocycles. The molecule has 3 rings (SSSR count). The summed E-state index contributed by atoms with van der Waals surface area (Å²) in [6.45, 7) is 2.08. The zero-order valence-corrected chi connectivity index (χ0v) is 14.0. The van der Waals surface area contributed by atoms with Gasteiger partial charge in [0.1, 0.15) is 11.5 Å². The van der Waals surface area contributed by atoms with E-state index in [1.54, 1.807) is 13.3 Å². The summed E-state index contributed by atoms with van der Waals surface area (Å²) in [5, 5.41) is 1.08. The number of nitrogens with zero attached hydrogens (tertiary/aromatic N) is 1. The van der Waals surface area contributed by atoms with E-state index in [2.05, 4.69) is 18.0 Å². The predicted octanol–water partition coefficient (Wildman–Crippen LogP) is 4.55. The number of Topliss-reactive ketones (excluding diaryl/α,β-unsaturated/α-hetero) is 1. The third kappa shape index (κ3) is 3.80. The van der Waals surface area contributed by atoms with Crippen molar-refractivity contribution >= 4 is 16.7 Å². The first-order chi connectivity index (χ1) is 11.7. The van der Waals surface area contributed by atoms with Crippen molar-refractivity contribution < 1.29 is 9.53 Å². The van der Waals surface area contributed by atoms with Crippen LogP contribution in [0, 0.1) is 0 Å². The highest BCUT2D eigenvalue weighted by atomic mass is 16.5. The van der Waals surface area contributed by atoms with Crippen LogP contribution in [0.2, 0.25) is 0 Å². The van der Waals surface area contributed by atoms with E-state index in [0.29, 0.717) is 12.8 Å². The Bertz CT molecular complexity index is 840. The number of methoxy groups -OCH3 is 1. The maximum absolute atomic E-state index is 12.4. The second-order valence-corrected chi connectivity index (χ2v) is 6.13. The lowest BCUT2D eigenvalue weighted by Crippen LogP contribution is -2.08. The Morgan fingerprint density at radius 2 is 1.88 bits per heavy atom. The lowest BCUT2D eigenvalue weighted by molar-refractivity contribution is -0.118. The van der Waals surface area contributed by atoms with Crippen LogP contribution in [-0.4, -0.2) is 17.9 Å². The highest BCUT2D eigenvalue weighted by Crippen LogP contribution is 2.23. The fourth-order valence-electron chi connectivity index (χ4n) is 2.90. The maximum Gasteiger partial charge on any atom is 0.137 e. The van der Waals surface area contributed by atoms with Crippen LogP contribution in [0.25, 0.3) is 10.9 Å². The molecule has 0 radical (unpaired) electrons. The number of fused-ring (bicyclic) bond motifs is 1. The van der Waals surface area contributed by atoms with Gasteiger partial charge in [-0.2, -0.15) is 0 Å². The average Bonchev–Trinajstić information content (AvgIpc) is 2.61. The summed E-state index contributed by atoms with van der Waals surface area (Å²) in [5.41, 5.74) is 3.08. The summed E-state index contributed by atoms with van der Waals surface area (Å²) in [6, 6.07) is 17.9. The van der Waals surface area contributed by atoms with Crippen LogP contribution in [0.3, 0.4) is 0 Å². The van der Waals surface area contributed by atoms with Gasteiger partial charge < -0.3 is 4.74 Å². The molecule has 0 spiro atoms. The Labute approximate surface area is 142 Å². The minimum atomic E-state index is 0.192. The van der Waals surface area contributed by atoms with E-state index in [4.69, 9.17) is 4.74 Å². The van der Waals surface area contributed by atoms with Crippen LogP contribution in [0.1, 0.15) is 30.4 Å². The van der Waals surface area contributed by atoms with Crippen LogP contribution in [0.5, 0.6) is 5.75 Å². The molecule has 3 heteroatoms. The van der Waals surface area contributed by atoms with E-state index in [1.807, 2.05) is 48.5 Å². The molecule has 2 aromatic carbocycles. The largest absolute Gasteiger partial charge is 0.497 e. The van der Waals surface area contributed by atoms with Gasteiger partial charge in [-0.1, -0.05) is 37.3 Å². The van der Waals surface area contributed by atoms with E-state index in [0.717, 1.165) is 27.8 Å². The maximum atomic E-state index is 12.4. The SMILES string of the molecule is COc1ccc(C(C)CC(=O)Cc2cnc3ccccc3c2)cc1. The predicted molar refractivity (Wildman–Crippen MR) is 96.5 cm³/mol. The van der Waals surface area contributed by atoms with Gasteiger partial charge in [0.2, 0.25) is 0 Å². The fraction of sp³-hybridized carbons (Fsp3) is 0.238. The molecule has 3 aromatic rings. The van der Waals surface area contributed by atoms with Crippen molar-refractivity contribution in [3.63, 3.8) is 0 Å². The Morgan fingerprint density at radius 1 is 1.12 bits per heavy atom. The first-order valence-electron chi connectivity index (χ1n) is 8.15. The van der Waals surface area contributed by atoms with Crippen molar-refractivity contribution in [1.82, 2.24) is 4.98 Å². The third-order valence-electron chi connectivity index (χ3n) is 4.27. The first kappa shape index (κ1) is 16.2. The van der Waals surface area contributed by atoms with Crippen molar-refractivity contribution in [2.24, 2.45) is 0 Å². The molecule has 1 atom stereocenters. The van der Waals surface area contributed by atoms with Crippen LogP contribution in [0.15, 0.2) is 60.8 Å². The van der Waals surface area contributed by atoms with Gasteiger partial charge in [-0.05, 0) is 41.3 Å². The quantitative estimate of drug-likeness (QED) is 0.669. The number of benzene rings is 2. The summed E-state index contributed by atoms with van der Waals surface area (Å²) in [6.07, 6.45) is 2.76. The number of aromatic nitrogens is 1. The molecule has 0 saturated carbocycles. The number of ether oxygens (including phenoxy) is 1. The zero-order chi connectivity index (χ0) is 16.9. The molecular weight excluding hydrogens is 298 g/mol. The number of rotatable bonds is 6. The number of ketones is 1. The van der Waals surface area contributed by atoms with E-state index in [-0.39, 0.29) is 11.7 Å².